The lowest BCUT2D eigenvalue weighted by Gasteiger charge is -2.36. The van der Waals surface area contributed by atoms with E-state index in [1.54, 1.807) is 20.8 Å². The third-order valence-corrected chi connectivity index (χ3v) is 4.24. The van der Waals surface area contributed by atoms with Crippen molar-refractivity contribution in [2.24, 2.45) is 4.99 Å². The van der Waals surface area contributed by atoms with Crippen molar-refractivity contribution in [1.29, 1.82) is 0 Å². The van der Waals surface area contributed by atoms with Crippen molar-refractivity contribution in [3.63, 3.8) is 0 Å². The van der Waals surface area contributed by atoms with E-state index in [0.29, 0.717) is 0 Å². The average molecular weight is 358 g/mol. The molecular weight excluding hydrogens is 341 g/mol. The molecule has 1 aromatic rings. The molecule has 1 aliphatic heterocycles. The van der Waals surface area contributed by atoms with E-state index in [2.05, 4.69) is 4.99 Å². The van der Waals surface area contributed by atoms with Gasteiger partial charge in [-0.2, -0.15) is 0 Å². The second-order valence-corrected chi connectivity index (χ2v) is 7.14. The first-order valence-corrected chi connectivity index (χ1v) is 7.98. The minimum absolute atomic E-state index is 0.00110. The molecule has 1 amide bonds. The maximum Gasteiger partial charge on any atom is 0.413 e. The fourth-order valence-corrected chi connectivity index (χ4v) is 3.42. The van der Waals surface area contributed by atoms with Gasteiger partial charge >= 0.3 is 6.09 Å². The first-order valence-electron chi connectivity index (χ1n) is 7.10. The molecule has 8 heteroatoms. The molecule has 1 N–H and O–H groups in total. The summed E-state index contributed by atoms with van der Waals surface area (Å²) >= 11 is 0.981. The van der Waals surface area contributed by atoms with Crippen molar-refractivity contribution in [2.45, 2.75) is 31.8 Å². The normalized spacial score (nSPS) is 20.7. The van der Waals surface area contributed by atoms with Crippen molar-refractivity contribution in [3.05, 3.63) is 46.9 Å². The number of amidine groups is 1. The molecule has 1 aliphatic rings. The zero-order valence-corrected chi connectivity index (χ0v) is 14.2. The number of alkyl halides is 1. The molecule has 0 spiro atoms. The predicted octanol–water partition coefficient (Wildman–Crippen LogP) is 4.52. The number of hydrogen-bond acceptors (Lipinski definition) is 3. The molecule has 0 aromatic heterocycles. The fraction of sp³-hybridized carbons (Fsp3) is 0.375. The molecule has 0 saturated carbocycles. The number of carbonyl (C=O) groups is 1. The number of amides is 1. The summed E-state index contributed by atoms with van der Waals surface area (Å²) in [7, 11) is 0. The Bertz CT molecular complexity index is 716. The highest BCUT2D eigenvalue weighted by Crippen LogP contribution is 2.38. The van der Waals surface area contributed by atoms with E-state index in [0.717, 1.165) is 22.7 Å². The van der Waals surface area contributed by atoms with Gasteiger partial charge in [0.25, 0.3) is 0 Å². The van der Waals surface area contributed by atoms with E-state index in [1.165, 1.54) is 23.6 Å². The van der Waals surface area contributed by atoms with Gasteiger partial charge in [-0.25, -0.2) is 23.0 Å². The second kappa shape index (κ2) is 6.51. The van der Waals surface area contributed by atoms with Gasteiger partial charge in [0.15, 0.2) is 16.8 Å². The number of carboxylic acid groups (broad SMARTS) is 1. The predicted molar refractivity (Wildman–Crippen MR) is 87.8 cm³/mol. The van der Waals surface area contributed by atoms with Gasteiger partial charge in [0.1, 0.15) is 12.2 Å². The minimum atomic E-state index is -1.80. The molecule has 0 unspecified atom stereocenters. The smallest absolute Gasteiger partial charge is 0.413 e. The number of aliphatic imine (C=N–C) groups is 1. The van der Waals surface area contributed by atoms with Gasteiger partial charge in [-0.15, -0.1) is 0 Å². The second-order valence-electron chi connectivity index (χ2n) is 6.26. The molecule has 1 heterocycles. The van der Waals surface area contributed by atoms with Crippen molar-refractivity contribution >= 4 is 23.0 Å². The van der Waals surface area contributed by atoms with E-state index in [9.17, 15) is 23.1 Å². The van der Waals surface area contributed by atoms with Crippen LogP contribution >= 0.6 is 11.8 Å². The monoisotopic (exact) mass is 358 g/mol. The SMILES string of the molecule is CC(C)(C)N(C(=O)O)C1=N[C@](CF)(c2cccc(F)c2F)C=CS1. The average Bonchev–Trinajstić information content (AvgIpc) is 2.48. The molecule has 130 valence electrons. The van der Waals surface area contributed by atoms with E-state index in [4.69, 9.17) is 0 Å². The standard InChI is InChI=1S/C16H17F3N2O2S/c1-15(2,3)21(14(22)23)13-20-16(9-17,7-8-24-13)10-5-4-6-11(18)12(10)19/h4-8H,9H2,1-3H3,(H,22,23)/t16-/m1/s1. The van der Waals surface area contributed by atoms with Gasteiger partial charge < -0.3 is 5.11 Å². The molecule has 1 atom stereocenters. The van der Waals surface area contributed by atoms with Crippen LogP contribution < -0.4 is 0 Å². The van der Waals surface area contributed by atoms with Crippen LogP contribution in [0.25, 0.3) is 0 Å². The van der Waals surface area contributed by atoms with E-state index < -0.39 is 35.5 Å². The Morgan fingerprint density at radius 2 is 2.04 bits per heavy atom. The zero-order valence-electron chi connectivity index (χ0n) is 13.4. The van der Waals surface area contributed by atoms with Crippen LogP contribution in [0.3, 0.4) is 0 Å². The van der Waals surface area contributed by atoms with E-state index in [-0.39, 0.29) is 10.7 Å². The van der Waals surface area contributed by atoms with Crippen molar-refractivity contribution < 1.29 is 23.1 Å². The van der Waals surface area contributed by atoms with E-state index in [1.807, 2.05) is 0 Å². The topological polar surface area (TPSA) is 52.9 Å². The molecule has 24 heavy (non-hydrogen) atoms. The third-order valence-electron chi connectivity index (χ3n) is 3.49. The summed E-state index contributed by atoms with van der Waals surface area (Å²) in [5, 5.41) is 10.9. The van der Waals surface area contributed by atoms with Crippen molar-refractivity contribution in [3.8, 4) is 0 Å². The van der Waals surface area contributed by atoms with E-state index >= 15 is 0 Å². The number of hydrogen-bond donors (Lipinski definition) is 1. The van der Waals surface area contributed by atoms with Crippen molar-refractivity contribution in [1.82, 2.24) is 4.90 Å². The Labute approximate surface area is 142 Å². The summed E-state index contributed by atoms with van der Waals surface area (Å²) < 4.78 is 41.5. The fourth-order valence-electron chi connectivity index (χ4n) is 2.33. The number of halogens is 3. The molecule has 4 nitrogen and oxygen atoms in total. The van der Waals surface area contributed by atoms with Crippen LogP contribution in [0.2, 0.25) is 0 Å². The van der Waals surface area contributed by atoms with Gasteiger partial charge in [-0.3, -0.25) is 4.90 Å². The summed E-state index contributed by atoms with van der Waals surface area (Å²) in [6, 6.07) is 3.42. The van der Waals surface area contributed by atoms with Gasteiger partial charge in [-0.1, -0.05) is 23.9 Å². The van der Waals surface area contributed by atoms with Crippen LogP contribution in [0, 0.1) is 11.6 Å². The van der Waals surface area contributed by atoms with Crippen LogP contribution in [0.5, 0.6) is 0 Å². The maximum absolute atomic E-state index is 14.2. The molecule has 1 aromatic carbocycles. The first-order chi connectivity index (χ1) is 11.1. The molecule has 0 saturated heterocycles. The summed E-state index contributed by atoms with van der Waals surface area (Å²) in [4.78, 5) is 16.7. The molecule has 2 rings (SSSR count). The summed E-state index contributed by atoms with van der Waals surface area (Å²) in [6.07, 6.45) is 0.0401. The Morgan fingerprint density at radius 1 is 1.38 bits per heavy atom. The van der Waals surface area contributed by atoms with Crippen LogP contribution in [-0.2, 0) is 5.54 Å². The zero-order chi connectivity index (χ0) is 18.1. The minimum Gasteiger partial charge on any atom is -0.465 e. The summed E-state index contributed by atoms with van der Waals surface area (Å²) in [6.45, 7) is 3.83. The lowest BCUT2D eigenvalue weighted by molar-refractivity contribution is 0.141. The quantitative estimate of drug-likeness (QED) is 0.845. The molecule has 0 radical (unpaired) electrons. The molecule has 0 bridgehead atoms. The Balaban J connectivity index is 2.61. The van der Waals surface area contributed by atoms with Gasteiger partial charge in [0, 0.05) is 11.1 Å². The Hall–Kier alpha value is -1.96. The maximum atomic E-state index is 14.2. The number of nitrogens with zero attached hydrogens (tertiary/aromatic N) is 2. The van der Waals surface area contributed by atoms with Gasteiger partial charge in [0.05, 0.1) is 0 Å². The number of benzene rings is 1. The first kappa shape index (κ1) is 18.4. The highest BCUT2D eigenvalue weighted by Gasteiger charge is 2.39. The highest BCUT2D eigenvalue weighted by atomic mass is 32.2. The molecular formula is C16H17F3N2O2S. The number of thioether (sulfide) groups is 1. The van der Waals surface area contributed by atoms with Gasteiger partial charge in [0.2, 0.25) is 0 Å². The Kier molecular flexibility index (Phi) is 4.98. The van der Waals surface area contributed by atoms with Crippen LogP contribution in [0.1, 0.15) is 26.3 Å². The molecule has 0 fully saturated rings. The van der Waals surface area contributed by atoms with Crippen LogP contribution in [0.15, 0.2) is 34.7 Å². The highest BCUT2D eigenvalue weighted by molar-refractivity contribution is 8.16. The summed E-state index contributed by atoms with van der Waals surface area (Å²) in [5.41, 5.74) is -2.92. The Morgan fingerprint density at radius 3 is 2.58 bits per heavy atom. The van der Waals surface area contributed by atoms with Crippen molar-refractivity contribution in [2.75, 3.05) is 6.67 Å². The third kappa shape index (κ3) is 3.28. The van der Waals surface area contributed by atoms with Crippen LogP contribution in [-0.4, -0.2) is 33.5 Å². The largest absolute Gasteiger partial charge is 0.465 e. The number of rotatable bonds is 2. The lowest BCUT2D eigenvalue weighted by Crippen LogP contribution is -2.49. The summed E-state index contributed by atoms with van der Waals surface area (Å²) in [5.74, 6) is -2.32. The van der Waals surface area contributed by atoms with Gasteiger partial charge in [-0.05, 0) is 38.3 Å². The molecule has 0 aliphatic carbocycles. The van der Waals surface area contributed by atoms with Crippen LogP contribution in [0.4, 0.5) is 18.0 Å². The lowest BCUT2D eigenvalue weighted by atomic mass is 9.91.